The van der Waals surface area contributed by atoms with Gasteiger partial charge in [-0.05, 0) is 24.6 Å². The molecule has 3 nitrogen and oxygen atoms in total. The van der Waals surface area contributed by atoms with Gasteiger partial charge in [0.15, 0.2) is 5.78 Å². The zero-order valence-corrected chi connectivity index (χ0v) is 11.6. The van der Waals surface area contributed by atoms with Crippen molar-refractivity contribution in [3.63, 3.8) is 0 Å². The zero-order valence-electron chi connectivity index (χ0n) is 11.6. The summed E-state index contributed by atoms with van der Waals surface area (Å²) in [5.74, 6) is 0.745. The lowest BCUT2D eigenvalue weighted by Gasteiger charge is -2.11. The number of carbonyl (C=O) groups is 1. The lowest BCUT2D eigenvalue weighted by Crippen LogP contribution is -2.15. The molecule has 2 N–H and O–H groups in total. The molecule has 1 atom stereocenters. The van der Waals surface area contributed by atoms with E-state index in [0.29, 0.717) is 24.3 Å². The molecule has 0 amide bonds. The molecule has 0 bridgehead atoms. The average molecular weight is 269 g/mol. The van der Waals surface area contributed by atoms with Gasteiger partial charge < -0.3 is 10.5 Å². The summed E-state index contributed by atoms with van der Waals surface area (Å²) in [5.41, 5.74) is 7.69. The van der Waals surface area contributed by atoms with Crippen LogP contribution in [0.4, 0.5) is 0 Å². The Morgan fingerprint density at radius 1 is 1.15 bits per heavy atom. The van der Waals surface area contributed by atoms with Crippen molar-refractivity contribution in [1.82, 2.24) is 0 Å². The van der Waals surface area contributed by atoms with Gasteiger partial charge in [-0.2, -0.15) is 0 Å². The maximum Gasteiger partial charge on any atom is 0.164 e. The second-order valence-electron chi connectivity index (χ2n) is 4.61. The Morgan fingerprint density at radius 3 is 2.60 bits per heavy atom. The van der Waals surface area contributed by atoms with Gasteiger partial charge in [0, 0.05) is 18.0 Å². The molecule has 2 rings (SSSR count). The molecule has 0 aliphatic carbocycles. The van der Waals surface area contributed by atoms with Crippen LogP contribution in [0.3, 0.4) is 0 Å². The zero-order chi connectivity index (χ0) is 14.4. The average Bonchev–Trinajstić information content (AvgIpc) is 2.48. The quantitative estimate of drug-likeness (QED) is 0.818. The maximum absolute atomic E-state index is 12.2. The van der Waals surface area contributed by atoms with Gasteiger partial charge in [0.1, 0.15) is 5.75 Å². The minimum absolute atomic E-state index is 0.0305. The Bertz CT molecular complexity index is 566. The van der Waals surface area contributed by atoms with E-state index in [0.717, 1.165) is 5.56 Å². The number of ketones is 1. The number of carbonyl (C=O) groups excluding carboxylic acids is 1. The molecule has 0 saturated heterocycles. The predicted molar refractivity (Wildman–Crippen MR) is 79.9 cm³/mol. The van der Waals surface area contributed by atoms with E-state index in [2.05, 4.69) is 0 Å². The highest BCUT2D eigenvalue weighted by molar-refractivity contribution is 5.96. The van der Waals surface area contributed by atoms with Gasteiger partial charge in [-0.1, -0.05) is 42.5 Å². The topological polar surface area (TPSA) is 52.3 Å². The Balaban J connectivity index is 2.06. The normalized spacial score (nSPS) is 11.9. The Hall–Kier alpha value is -2.13. The fourth-order valence-electron chi connectivity index (χ4n) is 2.06. The van der Waals surface area contributed by atoms with Crippen LogP contribution in [0.2, 0.25) is 0 Å². The number of hydrogen-bond donors (Lipinski definition) is 1. The van der Waals surface area contributed by atoms with Crippen LogP contribution in [0.1, 0.15) is 35.3 Å². The van der Waals surface area contributed by atoms with Crippen molar-refractivity contribution in [3.05, 3.63) is 65.7 Å². The summed E-state index contributed by atoms with van der Waals surface area (Å²) in [6.45, 7) is 2.50. The van der Waals surface area contributed by atoms with Crippen LogP contribution in [0.25, 0.3) is 0 Å². The first-order valence-electron chi connectivity index (χ1n) is 6.77. The summed E-state index contributed by atoms with van der Waals surface area (Å²) < 4.78 is 5.40. The van der Waals surface area contributed by atoms with Gasteiger partial charge in [-0.15, -0.1) is 0 Å². The molecule has 0 heterocycles. The molecule has 3 heteroatoms. The molecule has 0 saturated carbocycles. The smallest absolute Gasteiger partial charge is 0.164 e. The Labute approximate surface area is 119 Å². The summed E-state index contributed by atoms with van der Waals surface area (Å²) in [6.07, 6.45) is 0.291. The summed E-state index contributed by atoms with van der Waals surface area (Å²) in [6, 6.07) is 16.6. The molecule has 0 spiro atoms. The Kier molecular flexibility index (Phi) is 4.91. The first-order valence-corrected chi connectivity index (χ1v) is 6.77. The maximum atomic E-state index is 12.2. The lowest BCUT2D eigenvalue weighted by atomic mass is 9.99. The van der Waals surface area contributed by atoms with Gasteiger partial charge in [-0.3, -0.25) is 4.79 Å². The molecule has 0 aromatic heterocycles. The number of benzene rings is 2. The van der Waals surface area contributed by atoms with Crippen molar-refractivity contribution in [1.29, 1.82) is 0 Å². The molecule has 0 aliphatic heterocycles. The van der Waals surface area contributed by atoms with E-state index in [1.807, 2.05) is 49.4 Å². The third-order valence-electron chi connectivity index (χ3n) is 3.10. The van der Waals surface area contributed by atoms with Crippen LogP contribution < -0.4 is 10.5 Å². The second-order valence-corrected chi connectivity index (χ2v) is 4.61. The molecule has 0 aliphatic rings. The van der Waals surface area contributed by atoms with Crippen LogP contribution in [-0.4, -0.2) is 12.4 Å². The van der Waals surface area contributed by atoms with Crippen molar-refractivity contribution in [2.75, 3.05) is 6.61 Å². The van der Waals surface area contributed by atoms with Crippen LogP contribution in [0.5, 0.6) is 5.75 Å². The fourth-order valence-corrected chi connectivity index (χ4v) is 2.06. The molecule has 0 fully saturated rings. The van der Waals surface area contributed by atoms with Gasteiger partial charge in [0.05, 0.1) is 6.61 Å². The van der Waals surface area contributed by atoms with Crippen LogP contribution in [-0.2, 0) is 0 Å². The first kappa shape index (κ1) is 14.3. The third-order valence-corrected chi connectivity index (χ3v) is 3.10. The highest BCUT2D eigenvalue weighted by Crippen LogP contribution is 2.19. The number of hydrogen-bond acceptors (Lipinski definition) is 3. The van der Waals surface area contributed by atoms with Crippen molar-refractivity contribution in [2.45, 2.75) is 19.4 Å². The van der Waals surface area contributed by atoms with Gasteiger partial charge >= 0.3 is 0 Å². The van der Waals surface area contributed by atoms with Gasteiger partial charge in [0.25, 0.3) is 0 Å². The van der Waals surface area contributed by atoms with Crippen molar-refractivity contribution < 1.29 is 9.53 Å². The van der Waals surface area contributed by atoms with Gasteiger partial charge in [0.2, 0.25) is 0 Å². The van der Waals surface area contributed by atoms with Crippen LogP contribution >= 0.6 is 0 Å². The summed E-state index contributed by atoms with van der Waals surface area (Å²) >= 11 is 0. The first-order chi connectivity index (χ1) is 9.70. The summed E-state index contributed by atoms with van der Waals surface area (Å²) in [7, 11) is 0. The van der Waals surface area contributed by atoms with Crippen LogP contribution in [0.15, 0.2) is 54.6 Å². The molecular formula is C17H19NO2. The molecule has 2 aromatic carbocycles. The Morgan fingerprint density at radius 2 is 1.90 bits per heavy atom. The SMILES string of the molecule is CCOc1cccc(C(=O)CC(N)c2ccccc2)c1. The highest BCUT2D eigenvalue weighted by atomic mass is 16.5. The molecule has 2 aromatic rings. The fraction of sp³-hybridized carbons (Fsp3) is 0.235. The van der Waals surface area contributed by atoms with E-state index >= 15 is 0 Å². The molecule has 20 heavy (non-hydrogen) atoms. The minimum Gasteiger partial charge on any atom is -0.494 e. The van der Waals surface area contributed by atoms with Gasteiger partial charge in [-0.25, -0.2) is 0 Å². The number of ether oxygens (including phenoxy) is 1. The monoisotopic (exact) mass is 269 g/mol. The third kappa shape index (κ3) is 3.68. The largest absolute Gasteiger partial charge is 0.494 e. The van der Waals surface area contributed by atoms with E-state index in [-0.39, 0.29) is 11.8 Å². The number of rotatable bonds is 6. The van der Waals surface area contributed by atoms with E-state index in [4.69, 9.17) is 10.5 Å². The summed E-state index contributed by atoms with van der Waals surface area (Å²) in [4.78, 5) is 12.2. The molecule has 0 radical (unpaired) electrons. The number of Topliss-reactive ketones (excluding diaryl/α,β-unsaturated/α-hetero) is 1. The second kappa shape index (κ2) is 6.87. The molecular weight excluding hydrogens is 250 g/mol. The lowest BCUT2D eigenvalue weighted by molar-refractivity contribution is 0.0974. The van der Waals surface area contributed by atoms with Crippen LogP contribution in [0, 0.1) is 0 Å². The van der Waals surface area contributed by atoms with E-state index in [1.54, 1.807) is 12.1 Å². The van der Waals surface area contributed by atoms with E-state index in [9.17, 15) is 4.79 Å². The molecule has 1 unspecified atom stereocenters. The molecule has 104 valence electrons. The highest BCUT2D eigenvalue weighted by Gasteiger charge is 2.13. The number of nitrogens with two attached hydrogens (primary N) is 1. The predicted octanol–water partition coefficient (Wildman–Crippen LogP) is 3.36. The summed E-state index contributed by atoms with van der Waals surface area (Å²) in [5, 5.41) is 0. The minimum atomic E-state index is -0.278. The standard InChI is InChI=1S/C17H19NO2/c1-2-20-15-10-6-9-14(11-15)17(19)12-16(18)13-7-4-3-5-8-13/h3-11,16H,2,12,18H2,1H3. The van der Waals surface area contributed by atoms with Crippen molar-refractivity contribution in [3.8, 4) is 5.75 Å². The van der Waals surface area contributed by atoms with Crippen molar-refractivity contribution >= 4 is 5.78 Å². The van der Waals surface area contributed by atoms with E-state index in [1.165, 1.54) is 0 Å². The van der Waals surface area contributed by atoms with Crippen molar-refractivity contribution in [2.24, 2.45) is 5.73 Å². The van der Waals surface area contributed by atoms with E-state index < -0.39 is 0 Å².